The van der Waals surface area contributed by atoms with Crippen molar-refractivity contribution >= 4 is 34.4 Å². The first-order valence-corrected chi connectivity index (χ1v) is 12.6. The first-order chi connectivity index (χ1) is 15.2. The Balaban J connectivity index is 1.29. The molecule has 31 heavy (non-hydrogen) atoms. The Labute approximate surface area is 190 Å². The van der Waals surface area contributed by atoms with E-state index in [2.05, 4.69) is 31.9 Å². The molecule has 0 radical (unpaired) electrons. The number of unbranched alkanes of at least 4 members (excludes halogenated alkanes) is 7. The predicted molar refractivity (Wildman–Crippen MR) is 131 cm³/mol. The molecule has 0 aliphatic carbocycles. The van der Waals surface area contributed by atoms with Crippen LogP contribution in [-0.2, 0) is 0 Å². The highest BCUT2D eigenvalue weighted by Crippen LogP contribution is 2.33. The molecule has 0 bridgehead atoms. The van der Waals surface area contributed by atoms with Crippen LogP contribution in [0.4, 0.5) is 11.8 Å². The van der Waals surface area contributed by atoms with E-state index in [-0.39, 0.29) is 0 Å². The number of nitrogen functional groups attached to an aromatic ring is 1. The molecule has 0 spiro atoms. The zero-order chi connectivity index (χ0) is 21.9. The summed E-state index contributed by atoms with van der Waals surface area (Å²) in [4.78, 5) is 11.6. The topological polar surface area (TPSA) is 85.5 Å². The lowest BCUT2D eigenvalue weighted by molar-refractivity contribution is 0.343. The number of aromatic nitrogens is 2. The van der Waals surface area contributed by atoms with Crippen molar-refractivity contribution in [3.05, 3.63) is 12.1 Å². The highest BCUT2D eigenvalue weighted by molar-refractivity contribution is 7.99. The molecule has 0 atom stereocenters. The van der Waals surface area contributed by atoms with E-state index in [1.54, 1.807) is 14.2 Å². The molecular weight excluding hydrogens is 410 g/mol. The van der Waals surface area contributed by atoms with Gasteiger partial charge in [-0.3, -0.25) is 4.90 Å². The molecule has 0 unspecified atom stereocenters. The Morgan fingerprint density at radius 1 is 0.968 bits per heavy atom. The van der Waals surface area contributed by atoms with Gasteiger partial charge < -0.3 is 20.5 Å². The number of ether oxygens (including phenoxy) is 2. The summed E-state index contributed by atoms with van der Waals surface area (Å²) in [6, 6.07) is 3.65. The van der Waals surface area contributed by atoms with E-state index in [0.717, 1.165) is 23.9 Å². The maximum absolute atomic E-state index is 6.14. The van der Waals surface area contributed by atoms with Crippen molar-refractivity contribution in [3.8, 4) is 11.5 Å². The van der Waals surface area contributed by atoms with Crippen molar-refractivity contribution in [2.24, 2.45) is 0 Å². The monoisotopic (exact) mass is 447 g/mol. The maximum atomic E-state index is 6.14. The highest BCUT2D eigenvalue weighted by Gasteiger charge is 2.12. The number of nitrogens with two attached hydrogens (primary N) is 1. The van der Waals surface area contributed by atoms with E-state index < -0.39 is 0 Å². The van der Waals surface area contributed by atoms with Gasteiger partial charge in [0, 0.05) is 36.2 Å². The average Bonchev–Trinajstić information content (AvgIpc) is 3.30. The molecule has 1 aliphatic rings. The highest BCUT2D eigenvalue weighted by atomic mass is 32.2. The molecule has 0 saturated carbocycles. The largest absolute Gasteiger partial charge is 0.493 e. The predicted octanol–water partition coefficient (Wildman–Crippen LogP) is 4.77. The quantitative estimate of drug-likeness (QED) is 0.401. The van der Waals surface area contributed by atoms with E-state index in [1.807, 2.05) is 12.1 Å². The van der Waals surface area contributed by atoms with Crippen LogP contribution in [0.25, 0.3) is 10.9 Å². The van der Waals surface area contributed by atoms with E-state index >= 15 is 0 Å². The molecular formula is C23H37N5O2S. The average molecular weight is 448 g/mol. The molecule has 2 aromatic rings. The molecule has 1 saturated heterocycles. The van der Waals surface area contributed by atoms with Gasteiger partial charge in [-0.15, -0.1) is 11.8 Å². The maximum Gasteiger partial charge on any atom is 0.225 e. The van der Waals surface area contributed by atoms with Crippen LogP contribution >= 0.6 is 11.8 Å². The second kappa shape index (κ2) is 12.8. The van der Waals surface area contributed by atoms with Crippen LogP contribution in [-0.4, -0.2) is 60.4 Å². The van der Waals surface area contributed by atoms with Gasteiger partial charge in [-0.25, -0.2) is 4.98 Å². The van der Waals surface area contributed by atoms with Crippen molar-refractivity contribution in [3.63, 3.8) is 0 Å². The normalized spacial score (nSPS) is 14.3. The third-order valence-electron chi connectivity index (χ3n) is 5.74. The molecule has 1 fully saturated rings. The summed E-state index contributed by atoms with van der Waals surface area (Å²) in [5, 5.41) is 4.07. The number of fused-ring (bicyclic) bond motifs is 1. The first kappa shape index (κ1) is 23.7. The van der Waals surface area contributed by atoms with Crippen LogP contribution in [0, 0.1) is 0 Å². The fourth-order valence-electron chi connectivity index (χ4n) is 3.91. The van der Waals surface area contributed by atoms with Crippen molar-refractivity contribution in [2.75, 3.05) is 56.5 Å². The zero-order valence-electron chi connectivity index (χ0n) is 19.0. The van der Waals surface area contributed by atoms with Gasteiger partial charge >= 0.3 is 0 Å². The summed E-state index contributed by atoms with van der Waals surface area (Å²) in [7, 11) is 3.22. The van der Waals surface area contributed by atoms with Crippen molar-refractivity contribution in [1.82, 2.24) is 14.9 Å². The summed E-state index contributed by atoms with van der Waals surface area (Å²) in [6.07, 6.45) is 10.4. The third-order valence-corrected chi connectivity index (χ3v) is 6.76. The smallest absolute Gasteiger partial charge is 0.225 e. The molecule has 1 aromatic carbocycles. The molecule has 1 aromatic heterocycles. The Bertz CT molecular complexity index is 814. The number of thioether (sulfide) groups is 1. The lowest BCUT2D eigenvalue weighted by atomic mass is 10.1. The lowest BCUT2D eigenvalue weighted by Crippen LogP contribution is -2.20. The number of benzene rings is 1. The summed E-state index contributed by atoms with van der Waals surface area (Å²) in [5.74, 6) is 4.82. The number of hydrogen-bond acceptors (Lipinski definition) is 8. The number of nitrogens with one attached hydrogen (secondary N) is 1. The van der Waals surface area contributed by atoms with Crippen molar-refractivity contribution in [2.45, 2.75) is 51.4 Å². The molecule has 0 amide bonds. The zero-order valence-corrected chi connectivity index (χ0v) is 19.8. The second-order valence-corrected chi connectivity index (χ2v) is 9.14. The van der Waals surface area contributed by atoms with Crippen molar-refractivity contribution < 1.29 is 9.47 Å². The van der Waals surface area contributed by atoms with E-state index in [4.69, 9.17) is 15.2 Å². The molecule has 172 valence electrons. The van der Waals surface area contributed by atoms with E-state index in [0.29, 0.717) is 23.3 Å². The SMILES string of the molecule is COc1cc2nc(NCCCCCCCCCCN3CCSC3)nc(N)c2cc1OC. The Hall–Kier alpha value is -1.93. The summed E-state index contributed by atoms with van der Waals surface area (Å²) in [5.41, 5.74) is 6.88. The van der Waals surface area contributed by atoms with Crippen LogP contribution in [0.1, 0.15) is 51.4 Å². The van der Waals surface area contributed by atoms with Crippen LogP contribution in [0.15, 0.2) is 12.1 Å². The Morgan fingerprint density at radius 3 is 2.32 bits per heavy atom. The third kappa shape index (κ3) is 7.31. The summed E-state index contributed by atoms with van der Waals surface area (Å²) in [6.45, 7) is 3.44. The number of methoxy groups -OCH3 is 2. The van der Waals surface area contributed by atoms with Crippen LogP contribution < -0.4 is 20.5 Å². The minimum absolute atomic E-state index is 0.442. The number of hydrogen-bond donors (Lipinski definition) is 2. The van der Waals surface area contributed by atoms with Gasteiger partial charge in [0.15, 0.2) is 11.5 Å². The Kier molecular flexibility index (Phi) is 9.81. The fraction of sp³-hybridized carbons (Fsp3) is 0.652. The number of anilines is 2. The lowest BCUT2D eigenvalue weighted by Gasteiger charge is -2.12. The van der Waals surface area contributed by atoms with E-state index in [9.17, 15) is 0 Å². The Morgan fingerprint density at radius 2 is 1.65 bits per heavy atom. The van der Waals surface area contributed by atoms with Crippen molar-refractivity contribution in [1.29, 1.82) is 0 Å². The molecule has 2 heterocycles. The van der Waals surface area contributed by atoms with Crippen LogP contribution in [0.3, 0.4) is 0 Å². The minimum Gasteiger partial charge on any atom is -0.493 e. The molecule has 3 N–H and O–H groups in total. The molecule has 3 rings (SSSR count). The fourth-order valence-corrected chi connectivity index (χ4v) is 4.94. The van der Waals surface area contributed by atoms with Crippen LogP contribution in [0.2, 0.25) is 0 Å². The minimum atomic E-state index is 0.442. The van der Waals surface area contributed by atoms with Gasteiger partial charge in [0.2, 0.25) is 5.95 Å². The van der Waals surface area contributed by atoms with Gasteiger partial charge in [-0.1, -0.05) is 38.5 Å². The molecule has 7 nitrogen and oxygen atoms in total. The van der Waals surface area contributed by atoms with Gasteiger partial charge in [-0.2, -0.15) is 4.98 Å². The summed E-state index contributed by atoms with van der Waals surface area (Å²) < 4.78 is 10.7. The molecule has 1 aliphatic heterocycles. The standard InChI is InChI=1S/C23H37N5O2S/c1-29-20-15-18-19(16-21(20)30-2)26-23(27-22(18)24)25-11-9-7-5-3-4-6-8-10-12-28-13-14-31-17-28/h15-16H,3-14,17H2,1-2H3,(H3,24,25,26,27). The van der Waals surface area contributed by atoms with Gasteiger partial charge in [0.1, 0.15) is 5.82 Å². The van der Waals surface area contributed by atoms with Gasteiger partial charge in [0.25, 0.3) is 0 Å². The number of nitrogens with zero attached hydrogens (tertiary/aromatic N) is 3. The first-order valence-electron chi connectivity index (χ1n) is 11.4. The number of rotatable bonds is 14. The van der Waals surface area contributed by atoms with Crippen LogP contribution in [0.5, 0.6) is 11.5 Å². The second-order valence-electron chi connectivity index (χ2n) is 8.07. The molecule has 8 heteroatoms. The van der Waals surface area contributed by atoms with E-state index in [1.165, 1.54) is 69.7 Å². The summed E-state index contributed by atoms with van der Waals surface area (Å²) >= 11 is 2.06. The van der Waals surface area contributed by atoms with Gasteiger partial charge in [0.05, 0.1) is 19.7 Å². The van der Waals surface area contributed by atoms with Gasteiger partial charge in [-0.05, 0) is 25.5 Å².